The first-order chi connectivity index (χ1) is 24.3. The van der Waals surface area contributed by atoms with Crippen molar-refractivity contribution < 1.29 is 23.9 Å². The summed E-state index contributed by atoms with van der Waals surface area (Å²) >= 11 is 0. The van der Waals surface area contributed by atoms with Crippen molar-refractivity contribution in [2.75, 3.05) is 41.7 Å². The van der Waals surface area contributed by atoms with E-state index >= 15 is 0 Å². The number of alkyl carbamates (subject to hydrolysis) is 1. The van der Waals surface area contributed by atoms with Crippen LogP contribution in [0.5, 0.6) is 0 Å². The van der Waals surface area contributed by atoms with Crippen LogP contribution in [0.25, 0.3) is 6.08 Å². The minimum absolute atomic E-state index is 0.0172. The molecule has 50 heavy (non-hydrogen) atoms. The van der Waals surface area contributed by atoms with Crippen LogP contribution in [0.2, 0.25) is 0 Å². The van der Waals surface area contributed by atoms with Crippen LogP contribution < -0.4 is 26.6 Å². The number of amides is 4. The first-order valence-corrected chi connectivity index (χ1v) is 17.0. The number of piperidine rings is 1. The van der Waals surface area contributed by atoms with E-state index in [-0.39, 0.29) is 30.9 Å². The number of rotatable bonds is 13. The lowest BCUT2D eigenvalue weighted by atomic mass is 10.0. The molecule has 3 heterocycles. The van der Waals surface area contributed by atoms with Crippen LogP contribution in [0.4, 0.5) is 27.7 Å². The number of nitrogens with one attached hydrogen (secondary N) is 3. The Morgan fingerprint density at radius 1 is 1.00 bits per heavy atom. The maximum absolute atomic E-state index is 13.3. The van der Waals surface area contributed by atoms with E-state index in [0.29, 0.717) is 66.6 Å². The molecule has 13 nitrogen and oxygen atoms in total. The molecule has 2 aliphatic heterocycles. The summed E-state index contributed by atoms with van der Waals surface area (Å²) in [6.45, 7) is 6.99. The Hall–Kier alpha value is -5.72. The van der Waals surface area contributed by atoms with Crippen LogP contribution in [-0.2, 0) is 20.9 Å². The topological polar surface area (TPSA) is 171 Å². The summed E-state index contributed by atoms with van der Waals surface area (Å²) in [5.41, 5.74) is 10.5. The Balaban J connectivity index is 1.11. The van der Waals surface area contributed by atoms with Crippen molar-refractivity contribution in [3.63, 3.8) is 0 Å². The fourth-order valence-electron chi connectivity index (χ4n) is 5.95. The van der Waals surface area contributed by atoms with Crippen molar-refractivity contribution in [3.05, 3.63) is 83.1 Å². The molecule has 1 fully saturated rings. The third kappa shape index (κ3) is 9.46. The number of nitrogens with two attached hydrogens (primary N) is 1. The molecule has 0 spiro atoms. The Morgan fingerprint density at radius 2 is 1.72 bits per heavy atom. The number of pyridine rings is 1. The van der Waals surface area contributed by atoms with E-state index in [9.17, 15) is 19.2 Å². The van der Waals surface area contributed by atoms with Crippen molar-refractivity contribution in [2.24, 2.45) is 10.7 Å². The van der Waals surface area contributed by atoms with E-state index < -0.39 is 6.09 Å². The molecule has 3 aromatic rings. The van der Waals surface area contributed by atoms with Crippen LogP contribution in [0.15, 0.2) is 71.4 Å². The molecular weight excluding hydrogens is 636 g/mol. The molecule has 13 heteroatoms. The van der Waals surface area contributed by atoms with Gasteiger partial charge in [-0.15, -0.1) is 0 Å². The number of ether oxygens (including phenoxy) is 1. The van der Waals surface area contributed by atoms with Crippen molar-refractivity contribution in [1.82, 2.24) is 15.2 Å². The number of carbonyl (C=O) groups is 4. The highest BCUT2D eigenvalue weighted by atomic mass is 16.5. The summed E-state index contributed by atoms with van der Waals surface area (Å²) in [5, 5.41) is 8.40. The molecule has 5 rings (SSSR count). The molecule has 1 saturated heterocycles. The number of aromatic nitrogens is 1. The van der Waals surface area contributed by atoms with E-state index in [2.05, 4.69) is 30.8 Å². The molecule has 4 amide bonds. The lowest BCUT2D eigenvalue weighted by Crippen LogP contribution is -2.45. The number of nitrogens with zero attached hydrogens (tertiary/aromatic N) is 4. The second-order valence-electron chi connectivity index (χ2n) is 12.3. The van der Waals surface area contributed by atoms with Crippen molar-refractivity contribution in [2.45, 2.75) is 58.6 Å². The summed E-state index contributed by atoms with van der Waals surface area (Å²) in [4.78, 5) is 62.4. The van der Waals surface area contributed by atoms with Gasteiger partial charge in [0.25, 0.3) is 5.91 Å². The summed E-state index contributed by atoms with van der Waals surface area (Å²) in [6.07, 6.45) is 7.03. The molecule has 0 bridgehead atoms. The van der Waals surface area contributed by atoms with Gasteiger partial charge in [-0.2, -0.15) is 0 Å². The average molecular weight is 681 g/mol. The highest BCUT2D eigenvalue weighted by Gasteiger charge is 2.23. The van der Waals surface area contributed by atoms with Crippen LogP contribution in [0, 0.1) is 0 Å². The van der Waals surface area contributed by atoms with Gasteiger partial charge in [-0.1, -0.05) is 32.0 Å². The largest absolute Gasteiger partial charge is 0.445 e. The third-order valence-electron chi connectivity index (χ3n) is 8.50. The number of carbonyl (C=O) groups excluding carboxylic acids is 4. The summed E-state index contributed by atoms with van der Waals surface area (Å²) in [5.74, 6) is 0.744. The highest BCUT2D eigenvalue weighted by Crippen LogP contribution is 2.29. The van der Waals surface area contributed by atoms with E-state index in [0.717, 1.165) is 42.6 Å². The minimum Gasteiger partial charge on any atom is -0.445 e. The summed E-state index contributed by atoms with van der Waals surface area (Å²) in [7, 11) is 0. The average Bonchev–Trinajstić information content (AvgIpc) is 3.29. The maximum atomic E-state index is 13.3. The van der Waals surface area contributed by atoms with E-state index in [4.69, 9.17) is 10.5 Å². The van der Waals surface area contributed by atoms with Crippen LogP contribution in [0.1, 0.15) is 67.4 Å². The van der Waals surface area contributed by atoms with Gasteiger partial charge >= 0.3 is 6.09 Å². The molecule has 0 saturated carbocycles. The molecule has 1 aromatic heterocycles. The normalized spacial score (nSPS) is 14.3. The lowest BCUT2D eigenvalue weighted by Gasteiger charge is -2.33. The van der Waals surface area contributed by atoms with E-state index in [1.165, 1.54) is 0 Å². The number of fused-ring (bicyclic) bond motifs is 1. The SMILES string of the molecule is CCCN(CCC)C(=O)C1=Cc2ccc(C(=O)Nc3ccc(N4CCC(NC(=O)OCc5ccc(NC=O)cc5)CC4)nc3)cc2N=C(N)C1. The quantitative estimate of drug-likeness (QED) is 0.178. The molecule has 0 atom stereocenters. The van der Waals surface area contributed by atoms with Gasteiger partial charge in [-0.25, -0.2) is 14.8 Å². The van der Waals surface area contributed by atoms with Gasteiger partial charge in [0.1, 0.15) is 18.3 Å². The number of hydrogen-bond acceptors (Lipinski definition) is 9. The van der Waals surface area contributed by atoms with Gasteiger partial charge in [0.05, 0.1) is 17.6 Å². The Bertz CT molecular complexity index is 1730. The molecule has 0 unspecified atom stereocenters. The number of benzene rings is 2. The Kier molecular flexibility index (Phi) is 12.2. The zero-order valence-electron chi connectivity index (χ0n) is 28.5. The molecule has 2 aromatic carbocycles. The second-order valence-corrected chi connectivity index (χ2v) is 12.3. The van der Waals surface area contributed by atoms with Crippen LogP contribution >= 0.6 is 0 Å². The van der Waals surface area contributed by atoms with Crippen molar-refractivity contribution in [3.8, 4) is 0 Å². The molecule has 2 aliphatic rings. The molecule has 0 radical (unpaired) electrons. The molecule has 0 aliphatic carbocycles. The second kappa shape index (κ2) is 17.1. The number of aliphatic imine (C=N–C) groups is 1. The number of anilines is 3. The first kappa shape index (κ1) is 35.6. The Morgan fingerprint density at radius 3 is 2.38 bits per heavy atom. The zero-order chi connectivity index (χ0) is 35.5. The lowest BCUT2D eigenvalue weighted by molar-refractivity contribution is -0.127. The number of amidine groups is 1. The van der Waals surface area contributed by atoms with Gasteiger partial charge in [0.15, 0.2) is 0 Å². The monoisotopic (exact) mass is 680 g/mol. The van der Waals surface area contributed by atoms with E-state index in [1.54, 1.807) is 48.7 Å². The van der Waals surface area contributed by atoms with Crippen LogP contribution in [0.3, 0.4) is 0 Å². The van der Waals surface area contributed by atoms with Gasteiger partial charge in [0.2, 0.25) is 12.3 Å². The third-order valence-corrected chi connectivity index (χ3v) is 8.50. The summed E-state index contributed by atoms with van der Waals surface area (Å²) < 4.78 is 5.36. The van der Waals surface area contributed by atoms with Crippen molar-refractivity contribution in [1.29, 1.82) is 0 Å². The van der Waals surface area contributed by atoms with E-state index in [1.807, 2.05) is 37.0 Å². The van der Waals surface area contributed by atoms with Gasteiger partial charge in [-0.05, 0) is 73.7 Å². The minimum atomic E-state index is -0.473. The fourth-order valence-corrected chi connectivity index (χ4v) is 5.95. The van der Waals surface area contributed by atoms with Crippen LogP contribution in [-0.4, -0.2) is 72.3 Å². The van der Waals surface area contributed by atoms with Gasteiger partial charge in [-0.3, -0.25) is 14.4 Å². The molecule has 5 N–H and O–H groups in total. The smallest absolute Gasteiger partial charge is 0.407 e. The summed E-state index contributed by atoms with van der Waals surface area (Å²) in [6, 6.07) is 15.9. The van der Waals surface area contributed by atoms with Gasteiger partial charge in [0, 0.05) is 61.0 Å². The fraction of sp³-hybridized carbons (Fsp3) is 0.351. The Labute approximate surface area is 292 Å². The van der Waals surface area contributed by atoms with Gasteiger partial charge < -0.3 is 36.2 Å². The predicted molar refractivity (Wildman–Crippen MR) is 194 cm³/mol. The van der Waals surface area contributed by atoms with Crippen molar-refractivity contribution >= 4 is 59.1 Å². The zero-order valence-corrected chi connectivity index (χ0v) is 28.5. The molecular formula is C37H44N8O5. The predicted octanol–water partition coefficient (Wildman–Crippen LogP) is 5.22. The maximum Gasteiger partial charge on any atom is 0.407 e. The first-order valence-electron chi connectivity index (χ1n) is 17.0. The standard InChI is InChI=1S/C37H44N8O5/c1-3-15-45(16-4-2)36(48)28-19-26-7-8-27(20-32(26)43-33(38)21-28)35(47)41-31-11-12-34(39-22-31)44-17-13-30(14-18-44)42-37(49)50-23-25-5-9-29(10-6-25)40-24-46/h5-12,19-20,22,24,30H,3-4,13-18,21,23H2,1-2H3,(H2,38,43)(H,40,46)(H,41,47)(H,42,49). The number of hydrogen-bond donors (Lipinski definition) is 4. The highest BCUT2D eigenvalue weighted by molar-refractivity contribution is 6.08. The molecule has 262 valence electrons.